The van der Waals surface area contributed by atoms with Crippen LogP contribution in [0.4, 0.5) is 13.2 Å². The van der Waals surface area contributed by atoms with Crippen LogP contribution in [0.25, 0.3) is 0 Å². The summed E-state index contributed by atoms with van der Waals surface area (Å²) in [5, 5.41) is 19.7. The first kappa shape index (κ1) is 20.0. The number of thiazole rings is 1. The first-order valence-corrected chi connectivity index (χ1v) is 9.02. The van der Waals surface area contributed by atoms with E-state index in [0.717, 1.165) is 29.0 Å². The number of benzene rings is 2. The molecule has 5 nitrogen and oxygen atoms in total. The smallest absolute Gasteiger partial charge is 0.416 e. The average Bonchev–Trinajstić information content (AvgIpc) is 2.97. The number of aliphatic hydroxyl groups excluding tert-OH is 1. The number of alkyl halides is 3. The molecule has 0 fully saturated rings. The van der Waals surface area contributed by atoms with E-state index in [1.165, 1.54) is 12.1 Å². The molecule has 0 saturated heterocycles. The number of hydrogen-bond acceptors (Lipinski definition) is 5. The first-order valence-electron chi connectivity index (χ1n) is 8.20. The van der Waals surface area contributed by atoms with Gasteiger partial charge in [0.25, 0.3) is 0 Å². The second-order valence-electron chi connectivity index (χ2n) is 6.05. The van der Waals surface area contributed by atoms with Crippen molar-refractivity contribution in [1.82, 2.24) is 4.98 Å². The summed E-state index contributed by atoms with van der Waals surface area (Å²) in [6.07, 6.45) is -5.12. The zero-order chi connectivity index (χ0) is 20.3. The third-order valence-electron chi connectivity index (χ3n) is 4.02. The van der Waals surface area contributed by atoms with Crippen molar-refractivity contribution in [2.75, 3.05) is 6.61 Å². The van der Waals surface area contributed by atoms with Crippen LogP contribution in [0.15, 0.2) is 53.3 Å². The van der Waals surface area contributed by atoms with Gasteiger partial charge in [-0.15, -0.1) is 0 Å². The van der Waals surface area contributed by atoms with Crippen molar-refractivity contribution in [2.45, 2.75) is 18.7 Å². The Bertz CT molecular complexity index is 978. The lowest BCUT2D eigenvalue weighted by molar-refractivity contribution is -0.137. The molecule has 3 N–H and O–H groups in total. The number of aliphatic hydroxyl groups is 1. The van der Waals surface area contributed by atoms with Crippen LogP contribution in [0.1, 0.15) is 27.7 Å². The number of aromatic nitrogens is 1. The number of aromatic amines is 1. The summed E-state index contributed by atoms with van der Waals surface area (Å²) in [6.45, 7) is -0.120. The molecule has 0 saturated carbocycles. The van der Waals surface area contributed by atoms with Gasteiger partial charge in [0.15, 0.2) is 0 Å². The van der Waals surface area contributed by atoms with E-state index in [4.69, 9.17) is 4.74 Å². The molecule has 0 aliphatic carbocycles. The van der Waals surface area contributed by atoms with Crippen LogP contribution in [0, 0.1) is 0 Å². The fourth-order valence-corrected chi connectivity index (χ4v) is 3.28. The number of rotatable bonds is 6. The van der Waals surface area contributed by atoms with Crippen molar-refractivity contribution in [3.05, 3.63) is 79.8 Å². The summed E-state index contributed by atoms with van der Waals surface area (Å²) < 4.78 is 43.2. The van der Waals surface area contributed by atoms with Gasteiger partial charge in [0, 0.05) is 6.42 Å². The molecule has 148 valence electrons. The van der Waals surface area contributed by atoms with Crippen molar-refractivity contribution < 1.29 is 28.1 Å². The topological polar surface area (TPSA) is 82.6 Å². The Kier molecular flexibility index (Phi) is 5.76. The van der Waals surface area contributed by atoms with Gasteiger partial charge in [-0.05, 0) is 35.4 Å². The molecular weight excluding hydrogens is 395 g/mol. The summed E-state index contributed by atoms with van der Waals surface area (Å²) in [5.74, 6) is 0.330. The Labute approximate surface area is 161 Å². The SMILES string of the molecule is O=c1[nH]c(O)c(Cc2ccc(OCC(O)c3ccc(C(F)(F)F)cc3)cc2)s1. The molecule has 2 aromatic carbocycles. The van der Waals surface area contributed by atoms with Crippen LogP contribution in [-0.2, 0) is 12.6 Å². The van der Waals surface area contributed by atoms with Crippen LogP contribution in [0.3, 0.4) is 0 Å². The molecule has 3 rings (SSSR count). The average molecular weight is 411 g/mol. The van der Waals surface area contributed by atoms with E-state index in [9.17, 15) is 28.2 Å². The molecule has 0 bridgehead atoms. The van der Waals surface area contributed by atoms with Gasteiger partial charge in [-0.1, -0.05) is 35.6 Å². The van der Waals surface area contributed by atoms with Crippen LogP contribution < -0.4 is 9.61 Å². The highest BCUT2D eigenvalue weighted by molar-refractivity contribution is 7.09. The van der Waals surface area contributed by atoms with Crippen LogP contribution in [0.5, 0.6) is 11.6 Å². The predicted molar refractivity (Wildman–Crippen MR) is 97.8 cm³/mol. The molecule has 0 spiro atoms. The van der Waals surface area contributed by atoms with E-state index in [0.29, 0.717) is 22.6 Å². The molecule has 0 aliphatic heterocycles. The molecule has 0 amide bonds. The Morgan fingerprint density at radius 3 is 2.25 bits per heavy atom. The van der Waals surface area contributed by atoms with Gasteiger partial charge in [-0.25, -0.2) is 0 Å². The second kappa shape index (κ2) is 8.07. The van der Waals surface area contributed by atoms with Crippen molar-refractivity contribution in [2.24, 2.45) is 0 Å². The lowest BCUT2D eigenvalue weighted by Gasteiger charge is -2.14. The quantitative estimate of drug-likeness (QED) is 0.575. The maximum atomic E-state index is 12.6. The van der Waals surface area contributed by atoms with Crippen molar-refractivity contribution in [1.29, 1.82) is 0 Å². The third kappa shape index (κ3) is 4.93. The van der Waals surface area contributed by atoms with E-state index >= 15 is 0 Å². The molecule has 1 heterocycles. The lowest BCUT2D eigenvalue weighted by Crippen LogP contribution is -2.11. The van der Waals surface area contributed by atoms with E-state index in [2.05, 4.69) is 4.98 Å². The van der Waals surface area contributed by atoms with Crippen molar-refractivity contribution in [3.8, 4) is 11.6 Å². The number of H-pyrrole nitrogens is 1. The minimum atomic E-state index is -4.42. The first-order chi connectivity index (χ1) is 13.2. The molecule has 3 aromatic rings. The molecule has 1 aromatic heterocycles. The zero-order valence-electron chi connectivity index (χ0n) is 14.4. The highest BCUT2D eigenvalue weighted by Crippen LogP contribution is 2.30. The maximum absolute atomic E-state index is 12.6. The van der Waals surface area contributed by atoms with Crippen LogP contribution in [-0.4, -0.2) is 21.8 Å². The molecule has 0 radical (unpaired) electrons. The molecule has 1 unspecified atom stereocenters. The van der Waals surface area contributed by atoms with Gasteiger partial charge in [0.1, 0.15) is 18.5 Å². The van der Waals surface area contributed by atoms with Gasteiger partial charge < -0.3 is 14.9 Å². The molecule has 28 heavy (non-hydrogen) atoms. The summed E-state index contributed by atoms with van der Waals surface area (Å²) >= 11 is 0.932. The van der Waals surface area contributed by atoms with Gasteiger partial charge >= 0.3 is 11.0 Å². The number of nitrogens with one attached hydrogen (secondary N) is 1. The highest BCUT2D eigenvalue weighted by atomic mass is 32.1. The lowest BCUT2D eigenvalue weighted by atomic mass is 10.1. The van der Waals surface area contributed by atoms with Crippen molar-refractivity contribution in [3.63, 3.8) is 0 Å². The molecule has 9 heteroatoms. The van der Waals surface area contributed by atoms with Crippen molar-refractivity contribution >= 4 is 11.3 Å². The monoisotopic (exact) mass is 411 g/mol. The van der Waals surface area contributed by atoms with Crippen LogP contribution >= 0.6 is 11.3 Å². The van der Waals surface area contributed by atoms with E-state index in [1.807, 2.05) is 0 Å². The fourth-order valence-electron chi connectivity index (χ4n) is 2.53. The minimum Gasteiger partial charge on any atom is -0.494 e. The van der Waals surface area contributed by atoms with Gasteiger partial charge in [-0.3, -0.25) is 9.78 Å². The van der Waals surface area contributed by atoms with Crippen LogP contribution in [0.2, 0.25) is 0 Å². The van der Waals surface area contributed by atoms with E-state index in [1.54, 1.807) is 24.3 Å². The Morgan fingerprint density at radius 1 is 1.07 bits per heavy atom. The van der Waals surface area contributed by atoms with Gasteiger partial charge in [0.05, 0.1) is 10.4 Å². The molecular formula is C19H16F3NO4S. The minimum absolute atomic E-state index is 0.120. The molecule has 0 aliphatic rings. The summed E-state index contributed by atoms with van der Waals surface area (Å²) in [7, 11) is 0. The number of aromatic hydroxyl groups is 1. The Hall–Kier alpha value is -2.78. The predicted octanol–water partition coefficient (Wildman–Crippen LogP) is 3.86. The largest absolute Gasteiger partial charge is 0.494 e. The highest BCUT2D eigenvalue weighted by Gasteiger charge is 2.30. The standard InChI is InChI=1S/C19H16F3NO4S/c20-19(21,22)13-5-3-12(4-6-13)15(24)10-27-14-7-1-11(2-8-14)9-16-17(25)23-18(26)28-16/h1-8,15,24-25H,9-10H2,(H,23,26). The summed E-state index contributed by atoms with van der Waals surface area (Å²) in [4.78, 5) is 13.7. The van der Waals surface area contributed by atoms with E-state index in [-0.39, 0.29) is 17.4 Å². The number of hydrogen-bond donors (Lipinski definition) is 3. The Morgan fingerprint density at radius 2 is 1.71 bits per heavy atom. The Balaban J connectivity index is 1.57. The normalized spacial score (nSPS) is 12.7. The zero-order valence-corrected chi connectivity index (χ0v) is 15.2. The van der Waals surface area contributed by atoms with E-state index < -0.39 is 17.8 Å². The summed E-state index contributed by atoms with van der Waals surface area (Å²) in [6, 6.07) is 11.1. The number of ether oxygens (including phenoxy) is 1. The summed E-state index contributed by atoms with van der Waals surface area (Å²) in [5.41, 5.74) is 0.391. The number of halogens is 3. The third-order valence-corrected chi connectivity index (χ3v) is 4.89. The van der Waals surface area contributed by atoms with Gasteiger partial charge in [-0.2, -0.15) is 13.2 Å². The second-order valence-corrected chi connectivity index (χ2v) is 7.12. The maximum Gasteiger partial charge on any atom is 0.416 e. The molecule has 1 atom stereocenters. The fraction of sp³-hybridized carbons (Fsp3) is 0.211. The van der Waals surface area contributed by atoms with Gasteiger partial charge in [0.2, 0.25) is 5.88 Å².